The predicted octanol–water partition coefficient (Wildman–Crippen LogP) is 3.20. The molecule has 1 saturated heterocycles. The van der Waals surface area contributed by atoms with Crippen LogP contribution in [0.3, 0.4) is 0 Å². The number of hydrogen-bond donors (Lipinski definition) is 0. The van der Waals surface area contributed by atoms with E-state index >= 15 is 0 Å². The molecular weight excluding hydrogens is 330 g/mol. The number of carbonyl (C=O) groups is 1. The fourth-order valence-electron chi connectivity index (χ4n) is 3.12. The fraction of sp³-hybridized carbons (Fsp3) is 0.450. The number of hydrogen-bond acceptors (Lipinski definition) is 4. The van der Waals surface area contributed by atoms with Gasteiger partial charge in [0.2, 0.25) is 0 Å². The highest BCUT2D eigenvalue weighted by atomic mass is 32.1. The fourth-order valence-corrected chi connectivity index (χ4v) is 3.82. The Morgan fingerprint density at radius 1 is 1.12 bits per heavy atom. The summed E-state index contributed by atoms with van der Waals surface area (Å²) in [6.45, 7) is 7.74. The normalized spacial score (nSPS) is 15.4. The Morgan fingerprint density at radius 3 is 2.44 bits per heavy atom. The van der Waals surface area contributed by atoms with Gasteiger partial charge in [0.1, 0.15) is 0 Å². The molecule has 1 aliphatic rings. The first-order valence-corrected chi connectivity index (χ1v) is 9.90. The average molecular weight is 358 g/mol. The third kappa shape index (κ3) is 4.61. The summed E-state index contributed by atoms with van der Waals surface area (Å²) in [7, 11) is 2.06. The van der Waals surface area contributed by atoms with E-state index in [9.17, 15) is 4.79 Å². The molecule has 0 spiro atoms. The molecule has 1 fully saturated rings. The average Bonchev–Trinajstić information content (AvgIpc) is 3.19. The number of amides is 1. The zero-order valence-corrected chi connectivity index (χ0v) is 16.0. The highest BCUT2D eigenvalue weighted by molar-refractivity contribution is 7.09. The van der Waals surface area contributed by atoms with Crippen molar-refractivity contribution in [2.75, 3.05) is 51.2 Å². The molecule has 2 aromatic rings. The van der Waals surface area contributed by atoms with Crippen LogP contribution in [0.5, 0.6) is 0 Å². The molecule has 25 heavy (non-hydrogen) atoms. The van der Waals surface area contributed by atoms with E-state index in [4.69, 9.17) is 0 Å². The summed E-state index contributed by atoms with van der Waals surface area (Å²) < 4.78 is 0. The van der Waals surface area contributed by atoms with Gasteiger partial charge in [-0.2, -0.15) is 0 Å². The van der Waals surface area contributed by atoms with Gasteiger partial charge in [0, 0.05) is 62.4 Å². The number of anilines is 1. The lowest BCUT2D eigenvalue weighted by atomic mass is 10.1. The van der Waals surface area contributed by atoms with Crippen molar-refractivity contribution in [2.45, 2.75) is 13.3 Å². The van der Waals surface area contributed by atoms with Crippen molar-refractivity contribution < 1.29 is 4.79 Å². The van der Waals surface area contributed by atoms with Gasteiger partial charge in [-0.1, -0.05) is 6.07 Å². The molecule has 0 radical (unpaired) electrons. The molecule has 0 unspecified atom stereocenters. The first-order valence-electron chi connectivity index (χ1n) is 9.02. The molecular formula is C20H27N3OS. The lowest BCUT2D eigenvalue weighted by molar-refractivity contribution is 0.0639. The topological polar surface area (TPSA) is 26.8 Å². The van der Waals surface area contributed by atoms with E-state index < -0.39 is 0 Å². The van der Waals surface area contributed by atoms with Crippen LogP contribution >= 0.6 is 11.3 Å². The van der Waals surface area contributed by atoms with Crippen molar-refractivity contribution in [1.29, 1.82) is 0 Å². The summed E-state index contributed by atoms with van der Waals surface area (Å²) in [5.74, 6) is 0.156. The van der Waals surface area contributed by atoms with Gasteiger partial charge in [-0.3, -0.25) is 9.69 Å². The minimum Gasteiger partial charge on any atom is -0.375 e. The SMILES string of the molecule is CCN(C)c1ccc(C(=O)N2CCN(CCc3cccs3)CC2)cc1. The van der Waals surface area contributed by atoms with Crippen molar-refractivity contribution in [1.82, 2.24) is 9.80 Å². The number of thiophene rings is 1. The van der Waals surface area contributed by atoms with Crippen LogP contribution in [-0.4, -0.2) is 62.0 Å². The second kappa shape index (κ2) is 8.50. The zero-order valence-electron chi connectivity index (χ0n) is 15.1. The molecule has 0 aliphatic carbocycles. The van der Waals surface area contributed by atoms with Crippen molar-refractivity contribution in [3.63, 3.8) is 0 Å². The van der Waals surface area contributed by atoms with Crippen LogP contribution in [0.1, 0.15) is 22.2 Å². The van der Waals surface area contributed by atoms with Gasteiger partial charge in [0.25, 0.3) is 5.91 Å². The molecule has 1 amide bonds. The second-order valence-corrected chi connectivity index (χ2v) is 7.56. The maximum absolute atomic E-state index is 12.7. The third-order valence-corrected chi connectivity index (χ3v) is 5.88. The minimum atomic E-state index is 0.156. The molecule has 134 valence electrons. The van der Waals surface area contributed by atoms with E-state index in [0.717, 1.165) is 56.9 Å². The number of nitrogens with zero attached hydrogens (tertiary/aromatic N) is 3. The number of rotatable bonds is 6. The van der Waals surface area contributed by atoms with Crippen LogP contribution in [0.15, 0.2) is 41.8 Å². The molecule has 0 N–H and O–H groups in total. The lowest BCUT2D eigenvalue weighted by Gasteiger charge is -2.34. The smallest absolute Gasteiger partial charge is 0.253 e. The number of benzene rings is 1. The van der Waals surface area contributed by atoms with Gasteiger partial charge in [0.05, 0.1) is 0 Å². The summed E-state index contributed by atoms with van der Waals surface area (Å²) in [4.78, 5) is 20.8. The minimum absolute atomic E-state index is 0.156. The van der Waals surface area contributed by atoms with Crippen LogP contribution in [0, 0.1) is 0 Å². The quantitative estimate of drug-likeness (QED) is 0.794. The third-order valence-electron chi connectivity index (χ3n) is 4.94. The highest BCUT2D eigenvalue weighted by Crippen LogP contribution is 2.16. The Kier molecular flexibility index (Phi) is 6.10. The van der Waals surface area contributed by atoms with Crippen LogP contribution in [-0.2, 0) is 6.42 Å². The van der Waals surface area contributed by atoms with Crippen molar-refractivity contribution >= 4 is 22.9 Å². The van der Waals surface area contributed by atoms with Gasteiger partial charge >= 0.3 is 0 Å². The Balaban J connectivity index is 1.49. The van der Waals surface area contributed by atoms with Crippen LogP contribution in [0.2, 0.25) is 0 Å². The summed E-state index contributed by atoms with van der Waals surface area (Å²) in [5, 5.41) is 2.13. The van der Waals surface area contributed by atoms with Crippen molar-refractivity contribution in [3.8, 4) is 0 Å². The Bertz CT molecular complexity index is 661. The highest BCUT2D eigenvalue weighted by Gasteiger charge is 2.22. The van der Waals surface area contributed by atoms with Gasteiger partial charge < -0.3 is 9.80 Å². The standard InChI is InChI=1S/C20H27N3OS/c1-3-21(2)18-8-6-17(7-9-18)20(24)23-14-12-22(13-15-23)11-10-19-5-4-16-25-19/h4-9,16H,3,10-15H2,1-2H3. The summed E-state index contributed by atoms with van der Waals surface area (Å²) in [5.41, 5.74) is 1.94. The first-order chi connectivity index (χ1) is 12.2. The molecule has 1 aromatic heterocycles. The molecule has 2 heterocycles. The van der Waals surface area contributed by atoms with Crippen molar-refractivity contribution in [3.05, 3.63) is 52.2 Å². The van der Waals surface area contributed by atoms with Gasteiger partial charge in [-0.15, -0.1) is 11.3 Å². The molecule has 4 nitrogen and oxygen atoms in total. The van der Waals surface area contributed by atoms with E-state index in [1.807, 2.05) is 40.5 Å². The molecule has 0 bridgehead atoms. The van der Waals surface area contributed by atoms with E-state index in [1.165, 1.54) is 4.88 Å². The number of carbonyl (C=O) groups excluding carboxylic acids is 1. The predicted molar refractivity (Wildman–Crippen MR) is 106 cm³/mol. The second-order valence-electron chi connectivity index (χ2n) is 6.52. The van der Waals surface area contributed by atoms with Gasteiger partial charge in [-0.05, 0) is 49.1 Å². The molecule has 3 rings (SSSR count). The van der Waals surface area contributed by atoms with E-state index in [2.05, 4.69) is 41.3 Å². The largest absolute Gasteiger partial charge is 0.375 e. The lowest BCUT2D eigenvalue weighted by Crippen LogP contribution is -2.49. The Morgan fingerprint density at radius 2 is 1.84 bits per heavy atom. The molecule has 0 atom stereocenters. The van der Waals surface area contributed by atoms with Gasteiger partial charge in [0.15, 0.2) is 0 Å². The molecule has 1 aromatic carbocycles. The van der Waals surface area contributed by atoms with Crippen LogP contribution in [0.4, 0.5) is 5.69 Å². The summed E-state index contributed by atoms with van der Waals surface area (Å²) >= 11 is 1.82. The van der Waals surface area contributed by atoms with Gasteiger partial charge in [-0.25, -0.2) is 0 Å². The molecule has 5 heteroatoms. The Hall–Kier alpha value is -1.85. The van der Waals surface area contributed by atoms with Crippen LogP contribution in [0.25, 0.3) is 0 Å². The maximum Gasteiger partial charge on any atom is 0.253 e. The number of piperazine rings is 1. The zero-order chi connectivity index (χ0) is 17.6. The van der Waals surface area contributed by atoms with E-state index in [1.54, 1.807) is 0 Å². The van der Waals surface area contributed by atoms with E-state index in [-0.39, 0.29) is 5.91 Å². The first kappa shape index (κ1) is 18.0. The van der Waals surface area contributed by atoms with E-state index in [0.29, 0.717) is 0 Å². The monoisotopic (exact) mass is 357 g/mol. The Labute approximate surface area is 154 Å². The maximum atomic E-state index is 12.7. The molecule has 0 saturated carbocycles. The summed E-state index contributed by atoms with van der Waals surface area (Å²) in [6, 6.07) is 12.3. The summed E-state index contributed by atoms with van der Waals surface area (Å²) in [6.07, 6.45) is 1.11. The van der Waals surface area contributed by atoms with Crippen molar-refractivity contribution in [2.24, 2.45) is 0 Å². The van der Waals surface area contributed by atoms with Crippen LogP contribution < -0.4 is 4.90 Å². The molecule has 1 aliphatic heterocycles.